The van der Waals surface area contributed by atoms with E-state index in [9.17, 15) is 0 Å². The Balaban J connectivity index is 2.56. The molecule has 0 aliphatic carbocycles. The van der Waals surface area contributed by atoms with Crippen LogP contribution < -0.4 is 5.73 Å². The fourth-order valence-corrected chi connectivity index (χ4v) is 2.82. The van der Waals surface area contributed by atoms with Crippen molar-refractivity contribution in [3.8, 4) is 0 Å². The minimum Gasteiger partial charge on any atom is -0.347 e. The molecule has 2 heteroatoms. The van der Waals surface area contributed by atoms with Crippen molar-refractivity contribution in [2.24, 2.45) is 5.73 Å². The van der Waals surface area contributed by atoms with Gasteiger partial charge in [0, 0.05) is 23.6 Å². The first kappa shape index (κ1) is 13.2. The molecule has 0 aliphatic heterocycles. The Labute approximate surface area is 110 Å². The lowest BCUT2D eigenvalue weighted by Crippen LogP contribution is -2.04. The Hall–Kier alpha value is -1.28. The van der Waals surface area contributed by atoms with Gasteiger partial charge < -0.3 is 10.3 Å². The predicted molar refractivity (Wildman–Crippen MR) is 79.1 cm³/mol. The Morgan fingerprint density at radius 3 is 2.67 bits per heavy atom. The van der Waals surface area contributed by atoms with Crippen LogP contribution >= 0.6 is 0 Å². The Morgan fingerprint density at radius 2 is 2.00 bits per heavy atom. The molecular formula is C16H24N2. The average molecular weight is 244 g/mol. The van der Waals surface area contributed by atoms with Crippen molar-refractivity contribution in [2.45, 2.75) is 46.6 Å². The molecule has 1 aromatic heterocycles. The fraction of sp³-hybridized carbons (Fsp3) is 0.500. The third-order valence-corrected chi connectivity index (χ3v) is 3.52. The first-order valence-electron chi connectivity index (χ1n) is 6.96. The van der Waals surface area contributed by atoms with Crippen molar-refractivity contribution in [2.75, 3.05) is 6.54 Å². The van der Waals surface area contributed by atoms with Crippen molar-refractivity contribution in [1.82, 2.24) is 4.57 Å². The second kappa shape index (κ2) is 5.57. The van der Waals surface area contributed by atoms with E-state index < -0.39 is 0 Å². The summed E-state index contributed by atoms with van der Waals surface area (Å²) in [5, 5.41) is 1.46. The Bertz CT molecular complexity index is 538. The highest BCUT2D eigenvalue weighted by Crippen LogP contribution is 2.27. The lowest BCUT2D eigenvalue weighted by atomic mass is 10.0. The van der Waals surface area contributed by atoms with Crippen LogP contribution in [0.4, 0.5) is 0 Å². The van der Waals surface area contributed by atoms with Crippen LogP contribution in [0.1, 0.15) is 36.5 Å². The zero-order valence-electron chi connectivity index (χ0n) is 11.8. The van der Waals surface area contributed by atoms with Crippen LogP contribution in [0, 0.1) is 13.8 Å². The van der Waals surface area contributed by atoms with Crippen LogP contribution in [-0.2, 0) is 13.0 Å². The van der Waals surface area contributed by atoms with Gasteiger partial charge in [-0.05, 0) is 56.0 Å². The van der Waals surface area contributed by atoms with Gasteiger partial charge in [-0.2, -0.15) is 0 Å². The number of nitrogens with two attached hydrogens (primary N) is 1. The van der Waals surface area contributed by atoms with Gasteiger partial charge >= 0.3 is 0 Å². The minimum atomic E-state index is 0.758. The molecule has 0 radical (unpaired) electrons. The zero-order chi connectivity index (χ0) is 13.1. The number of hydrogen-bond donors (Lipinski definition) is 1. The lowest BCUT2D eigenvalue weighted by Gasteiger charge is -2.06. The van der Waals surface area contributed by atoms with Gasteiger partial charge in [-0.1, -0.05) is 19.4 Å². The molecule has 2 rings (SSSR count). The molecule has 1 aromatic carbocycles. The fourth-order valence-electron chi connectivity index (χ4n) is 2.82. The number of aryl methyl sites for hydroxylation is 4. The van der Waals surface area contributed by atoms with Crippen molar-refractivity contribution in [3.05, 3.63) is 35.0 Å². The van der Waals surface area contributed by atoms with Crippen LogP contribution in [0.3, 0.4) is 0 Å². The van der Waals surface area contributed by atoms with Gasteiger partial charge in [-0.3, -0.25) is 0 Å². The summed E-state index contributed by atoms with van der Waals surface area (Å²) in [4.78, 5) is 0. The molecule has 2 N–H and O–H groups in total. The van der Waals surface area contributed by atoms with Gasteiger partial charge in [0.15, 0.2) is 0 Å². The molecule has 0 bridgehead atoms. The maximum Gasteiger partial charge on any atom is 0.0488 e. The number of hydrogen-bond acceptors (Lipinski definition) is 1. The highest BCUT2D eigenvalue weighted by molar-refractivity contribution is 5.88. The molecule has 0 amide bonds. The van der Waals surface area contributed by atoms with E-state index in [1.807, 2.05) is 0 Å². The van der Waals surface area contributed by atoms with E-state index in [0.29, 0.717) is 0 Å². The second-order valence-electron chi connectivity index (χ2n) is 5.22. The van der Waals surface area contributed by atoms with Gasteiger partial charge in [0.2, 0.25) is 0 Å². The second-order valence-corrected chi connectivity index (χ2v) is 5.22. The first-order chi connectivity index (χ1) is 8.67. The van der Waals surface area contributed by atoms with Crippen molar-refractivity contribution in [1.29, 1.82) is 0 Å². The quantitative estimate of drug-likeness (QED) is 0.856. The van der Waals surface area contributed by atoms with Gasteiger partial charge in [0.05, 0.1) is 0 Å². The van der Waals surface area contributed by atoms with Gasteiger partial charge in [0.25, 0.3) is 0 Å². The monoisotopic (exact) mass is 244 g/mol. The van der Waals surface area contributed by atoms with E-state index >= 15 is 0 Å². The van der Waals surface area contributed by atoms with Crippen molar-refractivity contribution in [3.63, 3.8) is 0 Å². The maximum atomic E-state index is 5.63. The molecule has 2 nitrogen and oxygen atoms in total. The van der Waals surface area contributed by atoms with Gasteiger partial charge in [0.1, 0.15) is 0 Å². The summed E-state index contributed by atoms with van der Waals surface area (Å²) < 4.78 is 2.38. The third kappa shape index (κ3) is 2.44. The Morgan fingerprint density at radius 1 is 1.22 bits per heavy atom. The Kier molecular flexibility index (Phi) is 4.07. The molecule has 98 valence electrons. The van der Waals surface area contributed by atoms with E-state index in [1.54, 1.807) is 0 Å². The van der Waals surface area contributed by atoms with E-state index in [2.05, 4.69) is 43.7 Å². The van der Waals surface area contributed by atoms with Crippen LogP contribution in [0.15, 0.2) is 18.3 Å². The van der Waals surface area contributed by atoms with Crippen molar-refractivity contribution >= 4 is 10.9 Å². The molecule has 1 heterocycles. The maximum absolute atomic E-state index is 5.63. The number of rotatable bonds is 5. The molecule has 0 aliphatic rings. The summed E-state index contributed by atoms with van der Waals surface area (Å²) in [7, 11) is 0. The SMILES string of the molecule is CCCc1cn(CCCN)c2cc(C)cc(C)c12. The highest BCUT2D eigenvalue weighted by atomic mass is 15.0. The normalized spacial score (nSPS) is 11.3. The predicted octanol–water partition coefficient (Wildman–Crippen LogP) is 3.56. The molecule has 2 aromatic rings. The van der Waals surface area contributed by atoms with Gasteiger partial charge in [-0.15, -0.1) is 0 Å². The van der Waals surface area contributed by atoms with Crippen LogP contribution in [0.2, 0.25) is 0 Å². The minimum absolute atomic E-state index is 0.758. The first-order valence-corrected chi connectivity index (χ1v) is 6.96. The summed E-state index contributed by atoms with van der Waals surface area (Å²) in [6.07, 6.45) is 5.73. The molecule has 0 spiro atoms. The average Bonchev–Trinajstić information content (AvgIpc) is 2.65. The third-order valence-electron chi connectivity index (χ3n) is 3.52. The molecule has 18 heavy (non-hydrogen) atoms. The lowest BCUT2D eigenvalue weighted by molar-refractivity contribution is 0.668. The topological polar surface area (TPSA) is 30.9 Å². The number of fused-ring (bicyclic) bond motifs is 1. The number of benzene rings is 1. The van der Waals surface area contributed by atoms with Crippen LogP contribution in [0.25, 0.3) is 10.9 Å². The summed E-state index contributed by atoms with van der Waals surface area (Å²) in [6, 6.07) is 4.59. The number of nitrogens with zero attached hydrogens (tertiary/aromatic N) is 1. The zero-order valence-corrected chi connectivity index (χ0v) is 11.8. The van der Waals surface area contributed by atoms with E-state index in [1.165, 1.54) is 34.0 Å². The summed E-state index contributed by atoms with van der Waals surface area (Å²) in [5.74, 6) is 0. The smallest absolute Gasteiger partial charge is 0.0488 e. The summed E-state index contributed by atoms with van der Waals surface area (Å²) in [5.41, 5.74) is 11.2. The highest BCUT2D eigenvalue weighted by Gasteiger charge is 2.10. The van der Waals surface area contributed by atoms with Crippen LogP contribution in [0.5, 0.6) is 0 Å². The number of aromatic nitrogens is 1. The van der Waals surface area contributed by atoms with E-state index in [-0.39, 0.29) is 0 Å². The molecule has 0 atom stereocenters. The van der Waals surface area contributed by atoms with E-state index in [4.69, 9.17) is 5.73 Å². The molecule has 0 saturated carbocycles. The van der Waals surface area contributed by atoms with E-state index in [0.717, 1.165) is 25.9 Å². The molecule has 0 fully saturated rings. The van der Waals surface area contributed by atoms with Gasteiger partial charge in [-0.25, -0.2) is 0 Å². The standard InChI is InChI=1S/C16H24N2/c1-4-6-14-11-18(8-5-7-17)15-10-12(2)9-13(3)16(14)15/h9-11H,4-8,17H2,1-3H3. The molecule has 0 saturated heterocycles. The van der Waals surface area contributed by atoms with Crippen molar-refractivity contribution < 1.29 is 0 Å². The molecular weight excluding hydrogens is 220 g/mol. The summed E-state index contributed by atoms with van der Waals surface area (Å²) >= 11 is 0. The molecule has 0 unspecified atom stereocenters. The summed E-state index contributed by atoms with van der Waals surface area (Å²) in [6.45, 7) is 8.42. The largest absolute Gasteiger partial charge is 0.347 e. The van der Waals surface area contributed by atoms with Crippen LogP contribution in [-0.4, -0.2) is 11.1 Å².